The summed E-state index contributed by atoms with van der Waals surface area (Å²) in [7, 11) is 1.56. The third-order valence-electron chi connectivity index (χ3n) is 2.12. The van der Waals surface area contributed by atoms with Crippen molar-refractivity contribution in [3.63, 3.8) is 0 Å². The van der Waals surface area contributed by atoms with Gasteiger partial charge in [-0.1, -0.05) is 4.49 Å². The molecule has 0 aliphatic heterocycles. The first-order valence-electron chi connectivity index (χ1n) is 4.96. The molecule has 2 rings (SSSR count). The fourth-order valence-corrected chi connectivity index (χ4v) is 1.98. The van der Waals surface area contributed by atoms with Crippen molar-refractivity contribution in [2.45, 2.75) is 6.92 Å². The van der Waals surface area contributed by atoms with Gasteiger partial charge < -0.3 is 5.32 Å². The van der Waals surface area contributed by atoms with Crippen LogP contribution in [0.5, 0.6) is 0 Å². The number of rotatable bonds is 2. The molecule has 1 N–H and O–H groups in total. The van der Waals surface area contributed by atoms with Gasteiger partial charge in [-0.25, -0.2) is 0 Å². The van der Waals surface area contributed by atoms with Crippen LogP contribution in [0.2, 0.25) is 0 Å². The molecular weight excluding hydrogens is 260 g/mol. The zero-order valence-electron chi connectivity index (χ0n) is 9.61. The molecule has 2 heterocycles. The lowest BCUT2D eigenvalue weighted by atomic mass is 10.3. The lowest BCUT2D eigenvalue weighted by Crippen LogP contribution is -2.14. The van der Waals surface area contributed by atoms with Crippen LogP contribution >= 0.6 is 11.5 Å². The van der Waals surface area contributed by atoms with Crippen molar-refractivity contribution in [3.8, 4) is 0 Å². The molecule has 0 aliphatic carbocycles. The Morgan fingerprint density at radius 3 is 2.50 bits per heavy atom. The number of hydrogen-bond acceptors (Lipinski definition) is 5. The molecule has 0 saturated heterocycles. The maximum absolute atomic E-state index is 13.0. The van der Waals surface area contributed by atoms with Crippen LogP contribution in [0.25, 0.3) is 0 Å². The summed E-state index contributed by atoms with van der Waals surface area (Å²) in [5.74, 6) is -1.34. The third-order valence-corrected chi connectivity index (χ3v) is 2.95. The molecule has 0 atom stereocenters. The molecule has 0 aromatic carbocycles. The predicted molar refractivity (Wildman–Crippen MR) is 64.9 cm³/mol. The molecule has 0 amide bonds. The molecule has 0 spiro atoms. The van der Waals surface area contributed by atoms with Gasteiger partial charge >= 0.3 is 0 Å². The van der Waals surface area contributed by atoms with Crippen LogP contribution in [0.15, 0.2) is 17.1 Å². The minimum absolute atomic E-state index is 0.230. The first-order valence-corrected chi connectivity index (χ1v) is 5.73. The Labute approximate surface area is 106 Å². The Morgan fingerprint density at radius 1 is 1.33 bits per heavy atom. The van der Waals surface area contributed by atoms with E-state index >= 15 is 0 Å². The number of aromatic nitrogens is 3. The van der Waals surface area contributed by atoms with Crippen molar-refractivity contribution in [2.75, 3.05) is 12.4 Å². The zero-order chi connectivity index (χ0) is 13.1. The molecule has 8 heteroatoms. The van der Waals surface area contributed by atoms with Crippen molar-refractivity contribution in [3.05, 3.63) is 34.6 Å². The van der Waals surface area contributed by atoms with Gasteiger partial charge in [0.1, 0.15) is 10.7 Å². The number of amidine groups is 1. The zero-order valence-corrected chi connectivity index (χ0v) is 10.4. The quantitative estimate of drug-likeness (QED) is 0.514. The predicted octanol–water partition coefficient (Wildman–Crippen LogP) is 2.01. The summed E-state index contributed by atoms with van der Waals surface area (Å²) >= 11 is 1.15. The average Bonchev–Trinajstić information content (AvgIpc) is 2.71. The van der Waals surface area contributed by atoms with Gasteiger partial charge in [0.05, 0.1) is 5.69 Å². The monoisotopic (exact) mass is 269 g/mol. The van der Waals surface area contributed by atoms with Gasteiger partial charge in [-0.05, 0) is 18.5 Å². The molecule has 5 nitrogen and oxygen atoms in total. The second-order valence-electron chi connectivity index (χ2n) is 3.39. The van der Waals surface area contributed by atoms with E-state index in [2.05, 4.69) is 24.9 Å². The van der Waals surface area contributed by atoms with Gasteiger partial charge in [0.25, 0.3) is 0 Å². The maximum Gasteiger partial charge on any atom is 0.217 e. The van der Waals surface area contributed by atoms with E-state index < -0.39 is 11.9 Å². The molecule has 0 saturated carbocycles. The standard InChI is InChI=1S/C10H9F2N5S/c1-5-9(18-17-16-5)10(13-2)14-6-3-7(11)15-8(12)4-6/h3-4H,1-2H3,(H,13,14,15). The summed E-state index contributed by atoms with van der Waals surface area (Å²) < 4.78 is 29.7. The van der Waals surface area contributed by atoms with E-state index in [9.17, 15) is 8.78 Å². The van der Waals surface area contributed by atoms with Gasteiger partial charge in [0.2, 0.25) is 11.9 Å². The Morgan fingerprint density at radius 2 is 2.00 bits per heavy atom. The summed E-state index contributed by atoms with van der Waals surface area (Å²) in [6.45, 7) is 1.78. The van der Waals surface area contributed by atoms with Crippen LogP contribution < -0.4 is 5.32 Å². The molecule has 18 heavy (non-hydrogen) atoms. The fraction of sp³-hybridized carbons (Fsp3) is 0.200. The Hall–Kier alpha value is -1.96. The van der Waals surface area contributed by atoms with Gasteiger partial charge in [-0.2, -0.15) is 13.8 Å². The van der Waals surface area contributed by atoms with Crippen molar-refractivity contribution < 1.29 is 8.78 Å². The minimum atomic E-state index is -0.896. The highest BCUT2D eigenvalue weighted by atomic mass is 32.1. The van der Waals surface area contributed by atoms with Gasteiger partial charge in [-0.15, -0.1) is 5.10 Å². The van der Waals surface area contributed by atoms with Gasteiger partial charge in [0, 0.05) is 24.9 Å². The highest BCUT2D eigenvalue weighted by Crippen LogP contribution is 2.15. The van der Waals surface area contributed by atoms with E-state index in [4.69, 9.17) is 0 Å². The molecule has 0 fully saturated rings. The number of halogens is 2. The SMILES string of the molecule is CN=C(Nc1cc(F)nc(F)c1)c1snnc1C. The second kappa shape index (κ2) is 5.13. The van der Waals surface area contributed by atoms with E-state index in [1.165, 1.54) is 0 Å². The van der Waals surface area contributed by atoms with Crippen LogP contribution in [0.1, 0.15) is 10.6 Å². The van der Waals surface area contributed by atoms with E-state index in [0.717, 1.165) is 28.5 Å². The third kappa shape index (κ3) is 2.65. The lowest BCUT2D eigenvalue weighted by Gasteiger charge is -2.07. The number of nitrogens with zero attached hydrogens (tertiary/aromatic N) is 4. The normalized spacial score (nSPS) is 11.7. The average molecular weight is 269 g/mol. The van der Waals surface area contributed by atoms with Crippen LogP contribution in [0, 0.1) is 18.8 Å². The first kappa shape index (κ1) is 12.5. The van der Waals surface area contributed by atoms with E-state index in [1.807, 2.05) is 0 Å². The van der Waals surface area contributed by atoms with Crippen LogP contribution in [0.4, 0.5) is 14.5 Å². The van der Waals surface area contributed by atoms with Crippen molar-refractivity contribution in [1.29, 1.82) is 0 Å². The Kier molecular flexibility index (Phi) is 3.56. The largest absolute Gasteiger partial charge is 0.339 e. The minimum Gasteiger partial charge on any atom is -0.339 e. The van der Waals surface area contributed by atoms with Gasteiger partial charge in [-0.3, -0.25) is 4.99 Å². The molecule has 0 aliphatic rings. The fourth-order valence-electron chi connectivity index (χ4n) is 1.34. The molecule has 0 radical (unpaired) electrons. The molecule has 94 valence electrons. The van der Waals surface area contributed by atoms with Crippen molar-refractivity contribution in [1.82, 2.24) is 14.6 Å². The van der Waals surface area contributed by atoms with Gasteiger partial charge in [0.15, 0.2) is 0 Å². The van der Waals surface area contributed by atoms with Crippen LogP contribution in [-0.4, -0.2) is 27.5 Å². The van der Waals surface area contributed by atoms with E-state index in [1.54, 1.807) is 14.0 Å². The molecule has 2 aromatic heterocycles. The summed E-state index contributed by atoms with van der Waals surface area (Å²) in [6.07, 6.45) is 0. The molecule has 0 unspecified atom stereocenters. The van der Waals surface area contributed by atoms with E-state index in [0.29, 0.717) is 11.5 Å². The van der Waals surface area contributed by atoms with Crippen LogP contribution in [0.3, 0.4) is 0 Å². The number of pyridine rings is 1. The highest BCUT2D eigenvalue weighted by molar-refractivity contribution is 7.08. The number of aryl methyl sites for hydroxylation is 1. The highest BCUT2D eigenvalue weighted by Gasteiger charge is 2.12. The summed E-state index contributed by atoms with van der Waals surface area (Å²) in [5, 5.41) is 6.66. The topological polar surface area (TPSA) is 63.1 Å². The number of nitrogens with one attached hydrogen (secondary N) is 1. The first-order chi connectivity index (χ1) is 8.60. The summed E-state index contributed by atoms with van der Waals surface area (Å²) in [4.78, 5) is 7.75. The molecule has 0 bridgehead atoms. The molecule has 2 aromatic rings. The number of anilines is 1. The smallest absolute Gasteiger partial charge is 0.217 e. The van der Waals surface area contributed by atoms with Crippen LogP contribution in [-0.2, 0) is 0 Å². The lowest BCUT2D eigenvalue weighted by molar-refractivity contribution is 0.514. The van der Waals surface area contributed by atoms with Crippen molar-refractivity contribution >= 4 is 23.1 Å². The summed E-state index contributed by atoms with van der Waals surface area (Å²) in [5.41, 5.74) is 0.927. The Balaban J connectivity index is 2.29. The number of hydrogen-bond donors (Lipinski definition) is 1. The van der Waals surface area contributed by atoms with E-state index in [-0.39, 0.29) is 5.69 Å². The molecular formula is C10H9F2N5S. The summed E-state index contributed by atoms with van der Waals surface area (Å²) in [6, 6.07) is 2.16. The second-order valence-corrected chi connectivity index (χ2v) is 4.14. The number of aliphatic imine (C=N–C) groups is 1. The maximum atomic E-state index is 13.0. The Bertz CT molecular complexity index is 575. The van der Waals surface area contributed by atoms with Crippen molar-refractivity contribution in [2.24, 2.45) is 4.99 Å².